The second-order valence-corrected chi connectivity index (χ2v) is 6.50. The Morgan fingerprint density at radius 3 is 2.67 bits per heavy atom. The van der Waals surface area contributed by atoms with Crippen molar-refractivity contribution in [2.75, 3.05) is 6.54 Å². The van der Waals surface area contributed by atoms with Crippen molar-refractivity contribution in [1.82, 2.24) is 10.3 Å². The molecule has 1 amide bonds. The molecule has 1 aromatic carbocycles. The van der Waals surface area contributed by atoms with Crippen LogP contribution >= 0.6 is 0 Å². The van der Waals surface area contributed by atoms with Crippen molar-refractivity contribution < 1.29 is 27.2 Å². The van der Waals surface area contributed by atoms with E-state index in [1.165, 1.54) is 6.07 Å². The molecule has 4 nitrogen and oxygen atoms in total. The van der Waals surface area contributed by atoms with Gasteiger partial charge < -0.3 is 5.32 Å². The third-order valence-electron chi connectivity index (χ3n) is 4.55. The van der Waals surface area contributed by atoms with Gasteiger partial charge in [-0.05, 0) is 48.6 Å². The van der Waals surface area contributed by atoms with E-state index in [4.69, 9.17) is 0 Å². The van der Waals surface area contributed by atoms with Gasteiger partial charge in [0.05, 0.1) is 12.1 Å². The number of hydrogen-bond acceptors (Lipinski definition) is 3. The van der Waals surface area contributed by atoms with E-state index in [1.807, 2.05) is 0 Å². The molecule has 0 aliphatic heterocycles. The van der Waals surface area contributed by atoms with Crippen LogP contribution in [0.15, 0.2) is 36.5 Å². The van der Waals surface area contributed by atoms with E-state index in [2.05, 4.69) is 10.3 Å². The summed E-state index contributed by atoms with van der Waals surface area (Å²) >= 11 is 0. The summed E-state index contributed by atoms with van der Waals surface area (Å²) in [5.74, 6) is -2.31. The Morgan fingerprint density at radius 2 is 2.00 bits per heavy atom. The zero-order valence-corrected chi connectivity index (χ0v) is 14.3. The maximum absolute atomic E-state index is 13.6. The molecule has 27 heavy (non-hydrogen) atoms. The maximum atomic E-state index is 13.6. The van der Waals surface area contributed by atoms with Crippen molar-refractivity contribution in [3.63, 3.8) is 0 Å². The SMILES string of the molecule is Cc1ccc(C2CC2C(=O)NCC(=O)c2ncccc2C(F)(F)F)cc1F. The van der Waals surface area contributed by atoms with E-state index in [1.54, 1.807) is 19.1 Å². The van der Waals surface area contributed by atoms with Gasteiger partial charge >= 0.3 is 6.18 Å². The fraction of sp³-hybridized carbons (Fsp3) is 0.316. The smallest absolute Gasteiger partial charge is 0.348 e. The van der Waals surface area contributed by atoms with Crippen LogP contribution in [0.5, 0.6) is 0 Å². The van der Waals surface area contributed by atoms with Crippen molar-refractivity contribution in [3.05, 3.63) is 64.7 Å². The molecule has 3 rings (SSSR count). The highest BCUT2D eigenvalue weighted by Gasteiger charge is 2.44. The lowest BCUT2D eigenvalue weighted by Gasteiger charge is -2.11. The standard InChI is InChI=1S/C19H16F4N2O2/c1-10-4-5-11(7-15(10)20)12-8-13(12)18(27)25-9-16(26)17-14(19(21,22)23)3-2-6-24-17/h2-7,12-13H,8-9H2,1H3,(H,25,27). The summed E-state index contributed by atoms with van der Waals surface area (Å²) in [6, 6.07) is 6.60. The Balaban J connectivity index is 1.61. The first-order valence-corrected chi connectivity index (χ1v) is 8.27. The zero-order chi connectivity index (χ0) is 19.8. The minimum Gasteiger partial charge on any atom is -0.348 e. The number of nitrogens with zero attached hydrogens (tertiary/aromatic N) is 1. The predicted octanol–water partition coefficient (Wildman–Crippen LogP) is 3.65. The molecule has 0 spiro atoms. The van der Waals surface area contributed by atoms with Crippen molar-refractivity contribution >= 4 is 11.7 Å². The molecule has 2 atom stereocenters. The first kappa shape index (κ1) is 19.0. The second kappa shape index (κ2) is 7.09. The molecule has 1 heterocycles. The van der Waals surface area contributed by atoms with Crippen LogP contribution in [0.4, 0.5) is 17.6 Å². The Labute approximate surface area is 152 Å². The van der Waals surface area contributed by atoms with Crippen LogP contribution in [-0.4, -0.2) is 23.2 Å². The molecule has 0 radical (unpaired) electrons. The van der Waals surface area contributed by atoms with Gasteiger partial charge in [0.2, 0.25) is 11.7 Å². The summed E-state index contributed by atoms with van der Waals surface area (Å²) < 4.78 is 52.4. The highest BCUT2D eigenvalue weighted by atomic mass is 19.4. The highest BCUT2D eigenvalue weighted by molar-refractivity contribution is 5.99. The van der Waals surface area contributed by atoms with Gasteiger partial charge in [-0.2, -0.15) is 13.2 Å². The van der Waals surface area contributed by atoms with Gasteiger partial charge in [0.1, 0.15) is 11.5 Å². The van der Waals surface area contributed by atoms with E-state index in [0.29, 0.717) is 17.5 Å². The molecule has 1 aliphatic carbocycles. The minimum atomic E-state index is -4.71. The van der Waals surface area contributed by atoms with Crippen molar-refractivity contribution in [2.45, 2.75) is 25.4 Å². The summed E-state index contributed by atoms with van der Waals surface area (Å²) in [5.41, 5.74) is -0.669. The number of halogens is 4. The first-order valence-electron chi connectivity index (χ1n) is 8.27. The summed E-state index contributed by atoms with van der Waals surface area (Å²) in [5, 5.41) is 2.36. The van der Waals surface area contributed by atoms with Gasteiger partial charge in [0.15, 0.2) is 0 Å². The van der Waals surface area contributed by atoms with Crippen LogP contribution in [0.2, 0.25) is 0 Å². The van der Waals surface area contributed by atoms with Gasteiger partial charge in [0.25, 0.3) is 0 Å². The number of nitrogens with one attached hydrogen (secondary N) is 1. The van der Waals surface area contributed by atoms with Crippen molar-refractivity contribution in [2.24, 2.45) is 5.92 Å². The number of alkyl halides is 3. The maximum Gasteiger partial charge on any atom is 0.418 e. The van der Waals surface area contributed by atoms with E-state index >= 15 is 0 Å². The van der Waals surface area contributed by atoms with Crippen LogP contribution in [0.25, 0.3) is 0 Å². The van der Waals surface area contributed by atoms with Crippen molar-refractivity contribution in [3.8, 4) is 0 Å². The molecule has 0 saturated heterocycles. The zero-order valence-electron chi connectivity index (χ0n) is 14.3. The summed E-state index contributed by atoms with van der Waals surface area (Å²) in [4.78, 5) is 27.7. The van der Waals surface area contributed by atoms with Crippen LogP contribution in [0.1, 0.15) is 39.5 Å². The minimum absolute atomic E-state index is 0.157. The van der Waals surface area contributed by atoms with E-state index < -0.39 is 41.6 Å². The van der Waals surface area contributed by atoms with Gasteiger partial charge in [-0.3, -0.25) is 14.6 Å². The van der Waals surface area contributed by atoms with Crippen LogP contribution < -0.4 is 5.32 Å². The average molecular weight is 380 g/mol. The number of carbonyl (C=O) groups excluding carboxylic acids is 2. The monoisotopic (exact) mass is 380 g/mol. The molecular formula is C19H16F4N2O2. The first-order chi connectivity index (χ1) is 12.7. The predicted molar refractivity (Wildman–Crippen MR) is 88.6 cm³/mol. The number of rotatable bonds is 5. The third-order valence-corrected chi connectivity index (χ3v) is 4.55. The number of aromatic nitrogens is 1. The fourth-order valence-corrected chi connectivity index (χ4v) is 2.93. The molecule has 1 fully saturated rings. The third kappa shape index (κ3) is 4.15. The molecule has 8 heteroatoms. The largest absolute Gasteiger partial charge is 0.418 e. The van der Waals surface area contributed by atoms with Crippen LogP contribution in [0, 0.1) is 18.7 Å². The average Bonchev–Trinajstić information content (AvgIpc) is 3.42. The van der Waals surface area contributed by atoms with E-state index in [0.717, 1.165) is 18.3 Å². The summed E-state index contributed by atoms with van der Waals surface area (Å²) in [7, 11) is 0. The number of pyridine rings is 1. The number of aryl methyl sites for hydroxylation is 1. The number of hydrogen-bond donors (Lipinski definition) is 1. The lowest BCUT2D eigenvalue weighted by atomic mass is 10.1. The molecule has 0 bridgehead atoms. The number of ketones is 1. The lowest BCUT2D eigenvalue weighted by molar-refractivity contribution is -0.138. The van der Waals surface area contributed by atoms with E-state index in [-0.39, 0.29) is 11.7 Å². The number of Topliss-reactive ketones (excluding diaryl/α,β-unsaturated/α-hetero) is 1. The Hall–Kier alpha value is -2.77. The van der Waals surface area contributed by atoms with Crippen LogP contribution in [-0.2, 0) is 11.0 Å². The lowest BCUT2D eigenvalue weighted by Crippen LogP contribution is -2.32. The molecule has 1 saturated carbocycles. The van der Waals surface area contributed by atoms with Crippen LogP contribution in [0.3, 0.4) is 0 Å². The van der Waals surface area contributed by atoms with Gasteiger partial charge in [-0.15, -0.1) is 0 Å². The number of benzene rings is 1. The van der Waals surface area contributed by atoms with E-state index in [9.17, 15) is 27.2 Å². The Kier molecular flexibility index (Phi) is 4.99. The molecule has 1 N–H and O–H groups in total. The number of amides is 1. The molecular weight excluding hydrogens is 364 g/mol. The Morgan fingerprint density at radius 1 is 1.26 bits per heavy atom. The Bertz CT molecular complexity index is 896. The fourth-order valence-electron chi connectivity index (χ4n) is 2.93. The van der Waals surface area contributed by atoms with Gasteiger partial charge in [0, 0.05) is 12.1 Å². The highest BCUT2D eigenvalue weighted by Crippen LogP contribution is 2.47. The second-order valence-electron chi connectivity index (χ2n) is 6.50. The molecule has 2 aromatic rings. The molecule has 142 valence electrons. The molecule has 1 aromatic heterocycles. The van der Waals surface area contributed by atoms with Gasteiger partial charge in [-0.25, -0.2) is 4.39 Å². The summed E-state index contributed by atoms with van der Waals surface area (Å²) in [6.45, 7) is 1.05. The molecule has 1 aliphatic rings. The summed E-state index contributed by atoms with van der Waals surface area (Å²) in [6.07, 6.45) is -3.12. The normalized spacial score (nSPS) is 18.9. The van der Waals surface area contributed by atoms with Gasteiger partial charge in [-0.1, -0.05) is 12.1 Å². The van der Waals surface area contributed by atoms with Crippen molar-refractivity contribution in [1.29, 1.82) is 0 Å². The quantitative estimate of drug-likeness (QED) is 0.636. The molecule has 2 unspecified atom stereocenters. The topological polar surface area (TPSA) is 59.1 Å². The number of carbonyl (C=O) groups is 2.